The standard InChI is InChI=1S/C31H30FN7O3/c1-38-14-20-11-18(7-9-26(20)37-38)29-23-13-19(8-10-27(23)33-34-29)30-35-36-31(42-30)21-12-22(40-2)16-39(15-21)17-24-25(32)5-4-6-28(24)41-3/h4-11,13-14,21-22H,12,15-17H2,1-3H3,(H,33,34)/t21?,22-/m1/s1. The zero-order valence-electron chi connectivity index (χ0n) is 23.5. The topological polar surface area (TPSA) is 107 Å². The van der Waals surface area contributed by atoms with Crippen molar-refractivity contribution < 1.29 is 18.3 Å². The normalized spacial score (nSPS) is 17.8. The van der Waals surface area contributed by atoms with E-state index < -0.39 is 0 Å². The molecule has 11 heteroatoms. The molecule has 1 aliphatic heterocycles. The van der Waals surface area contributed by atoms with Gasteiger partial charge in [0, 0.05) is 67.5 Å². The van der Waals surface area contributed by atoms with Gasteiger partial charge in [-0.3, -0.25) is 14.7 Å². The minimum Gasteiger partial charge on any atom is -0.496 e. The molecule has 1 fully saturated rings. The van der Waals surface area contributed by atoms with Crippen molar-refractivity contribution in [1.29, 1.82) is 0 Å². The number of fused-ring (bicyclic) bond motifs is 2. The molecule has 1 saturated heterocycles. The fourth-order valence-electron chi connectivity index (χ4n) is 5.91. The first-order chi connectivity index (χ1) is 20.5. The first kappa shape index (κ1) is 26.3. The number of halogens is 1. The number of methoxy groups -OCH3 is 2. The number of ether oxygens (including phenoxy) is 2. The lowest BCUT2D eigenvalue weighted by Crippen LogP contribution is -2.42. The highest BCUT2D eigenvalue weighted by Gasteiger charge is 2.32. The van der Waals surface area contributed by atoms with Gasteiger partial charge >= 0.3 is 0 Å². The monoisotopic (exact) mass is 567 g/mol. The van der Waals surface area contributed by atoms with Crippen LogP contribution in [0.25, 0.3) is 44.5 Å². The molecule has 10 nitrogen and oxygen atoms in total. The first-order valence-corrected chi connectivity index (χ1v) is 13.8. The number of likely N-dealkylation sites (tertiary alicyclic amines) is 1. The van der Waals surface area contributed by atoms with Crippen molar-refractivity contribution >= 4 is 21.8 Å². The Labute approximate surface area is 241 Å². The van der Waals surface area contributed by atoms with Crippen molar-refractivity contribution in [2.75, 3.05) is 27.3 Å². The quantitative estimate of drug-likeness (QED) is 0.276. The SMILES string of the molecule is COc1cccc(F)c1CN1CC(c2nnc(-c3ccc4[nH]nc(-c5ccc6nn(C)cc6c5)c4c3)o2)C[C@@H](OC)C1. The van der Waals surface area contributed by atoms with Crippen LogP contribution in [-0.2, 0) is 18.3 Å². The minimum atomic E-state index is -0.292. The number of nitrogens with zero attached hydrogens (tertiary/aromatic N) is 6. The highest BCUT2D eigenvalue weighted by atomic mass is 19.1. The van der Waals surface area contributed by atoms with Crippen LogP contribution in [0.4, 0.5) is 4.39 Å². The van der Waals surface area contributed by atoms with Gasteiger partial charge in [0.15, 0.2) is 0 Å². The van der Waals surface area contributed by atoms with Gasteiger partial charge in [-0.1, -0.05) is 12.1 Å². The molecule has 0 bridgehead atoms. The van der Waals surface area contributed by atoms with E-state index in [4.69, 9.17) is 13.9 Å². The molecule has 3 aromatic carbocycles. The van der Waals surface area contributed by atoms with Crippen LogP contribution in [0.5, 0.6) is 5.75 Å². The maximum absolute atomic E-state index is 14.7. The van der Waals surface area contributed by atoms with Crippen LogP contribution in [-0.4, -0.2) is 68.5 Å². The number of aromatic nitrogens is 6. The van der Waals surface area contributed by atoms with Gasteiger partial charge in [-0.25, -0.2) is 4.39 Å². The van der Waals surface area contributed by atoms with Crippen molar-refractivity contribution in [3.05, 3.63) is 78.1 Å². The van der Waals surface area contributed by atoms with Crippen LogP contribution >= 0.6 is 0 Å². The summed E-state index contributed by atoms with van der Waals surface area (Å²) in [4.78, 5) is 2.15. The van der Waals surface area contributed by atoms with Crippen LogP contribution in [0.1, 0.15) is 23.8 Å². The summed E-state index contributed by atoms with van der Waals surface area (Å²) in [6.45, 7) is 1.68. The Balaban J connectivity index is 1.16. The van der Waals surface area contributed by atoms with Crippen molar-refractivity contribution in [1.82, 2.24) is 35.1 Å². The van der Waals surface area contributed by atoms with Gasteiger partial charge in [-0.2, -0.15) is 10.2 Å². The first-order valence-electron chi connectivity index (χ1n) is 13.8. The molecule has 0 amide bonds. The van der Waals surface area contributed by atoms with E-state index in [0.717, 1.165) is 45.0 Å². The summed E-state index contributed by atoms with van der Waals surface area (Å²) >= 11 is 0. The lowest BCUT2D eigenvalue weighted by Gasteiger charge is -2.36. The number of aromatic amines is 1. The molecule has 0 spiro atoms. The molecular formula is C31H30FN7O3. The van der Waals surface area contributed by atoms with E-state index in [1.54, 1.807) is 31.0 Å². The van der Waals surface area contributed by atoms with Crippen molar-refractivity contribution in [2.45, 2.75) is 25.0 Å². The number of H-pyrrole nitrogens is 1. The van der Waals surface area contributed by atoms with Crippen LogP contribution in [0, 0.1) is 5.82 Å². The van der Waals surface area contributed by atoms with Crippen molar-refractivity contribution in [3.63, 3.8) is 0 Å². The lowest BCUT2D eigenvalue weighted by molar-refractivity contribution is 0.0148. The second-order valence-electron chi connectivity index (χ2n) is 10.8. The number of benzene rings is 3. The number of hydrogen-bond acceptors (Lipinski definition) is 8. The molecular weight excluding hydrogens is 537 g/mol. The zero-order valence-corrected chi connectivity index (χ0v) is 23.5. The Kier molecular flexibility index (Phi) is 6.67. The van der Waals surface area contributed by atoms with Crippen LogP contribution < -0.4 is 4.74 Å². The summed E-state index contributed by atoms with van der Waals surface area (Å²) in [6, 6.07) is 16.9. The molecule has 2 atom stereocenters. The maximum atomic E-state index is 14.7. The van der Waals surface area contributed by atoms with E-state index in [2.05, 4.69) is 36.5 Å². The molecule has 0 aliphatic carbocycles. The van der Waals surface area contributed by atoms with Crippen LogP contribution in [0.3, 0.4) is 0 Å². The third-order valence-corrected chi connectivity index (χ3v) is 7.99. The van der Waals surface area contributed by atoms with Gasteiger partial charge in [0.25, 0.3) is 0 Å². The summed E-state index contributed by atoms with van der Waals surface area (Å²) in [6.07, 6.45) is 2.66. The molecule has 6 aromatic rings. The smallest absolute Gasteiger partial charge is 0.247 e. The molecule has 0 radical (unpaired) electrons. The van der Waals surface area contributed by atoms with E-state index in [1.165, 1.54) is 6.07 Å². The number of rotatable bonds is 7. The Hall–Kier alpha value is -4.61. The summed E-state index contributed by atoms with van der Waals surface area (Å²) in [5.41, 5.74) is 5.00. The number of nitrogens with one attached hydrogen (secondary N) is 1. The Morgan fingerprint density at radius 1 is 1.05 bits per heavy atom. The van der Waals surface area contributed by atoms with Crippen molar-refractivity contribution in [3.8, 4) is 28.5 Å². The highest BCUT2D eigenvalue weighted by molar-refractivity contribution is 5.97. The average Bonchev–Trinajstić information content (AvgIpc) is 3.75. The highest BCUT2D eigenvalue weighted by Crippen LogP contribution is 2.34. The molecule has 214 valence electrons. The van der Waals surface area contributed by atoms with Gasteiger partial charge in [-0.05, 0) is 48.9 Å². The van der Waals surface area contributed by atoms with E-state index in [0.29, 0.717) is 42.7 Å². The zero-order chi connectivity index (χ0) is 28.8. The average molecular weight is 568 g/mol. The molecule has 3 aromatic heterocycles. The predicted molar refractivity (Wildman–Crippen MR) is 155 cm³/mol. The molecule has 1 N–H and O–H groups in total. The summed E-state index contributed by atoms with van der Waals surface area (Å²) in [7, 11) is 5.16. The maximum Gasteiger partial charge on any atom is 0.247 e. The predicted octanol–water partition coefficient (Wildman–Crippen LogP) is 5.32. The van der Waals surface area contributed by atoms with Gasteiger partial charge < -0.3 is 13.9 Å². The number of hydrogen-bond donors (Lipinski definition) is 1. The minimum absolute atomic E-state index is 0.0566. The fraction of sp³-hybridized carbons (Fsp3) is 0.290. The van der Waals surface area contributed by atoms with Crippen molar-refractivity contribution in [2.24, 2.45) is 7.05 Å². The van der Waals surface area contributed by atoms with Gasteiger partial charge in [0.2, 0.25) is 11.8 Å². The molecule has 0 saturated carbocycles. The van der Waals surface area contributed by atoms with Crippen LogP contribution in [0.2, 0.25) is 0 Å². The molecule has 42 heavy (non-hydrogen) atoms. The third-order valence-electron chi connectivity index (χ3n) is 7.99. The summed E-state index contributed by atoms with van der Waals surface area (Å²) in [5, 5.41) is 23.0. The Bertz CT molecular complexity index is 1890. The van der Waals surface area contributed by atoms with Crippen LogP contribution in [0.15, 0.2) is 65.2 Å². The number of piperidine rings is 1. The molecule has 4 heterocycles. The van der Waals surface area contributed by atoms with E-state index in [-0.39, 0.29) is 17.8 Å². The molecule has 7 rings (SSSR count). The third kappa shape index (κ3) is 4.80. The fourth-order valence-corrected chi connectivity index (χ4v) is 5.91. The lowest BCUT2D eigenvalue weighted by atomic mass is 9.95. The van der Waals surface area contributed by atoms with E-state index in [1.807, 2.05) is 43.6 Å². The number of aryl methyl sites for hydroxylation is 1. The summed E-state index contributed by atoms with van der Waals surface area (Å²) < 4.78 is 33.9. The Morgan fingerprint density at radius 3 is 2.79 bits per heavy atom. The second kappa shape index (κ2) is 10.7. The van der Waals surface area contributed by atoms with E-state index in [9.17, 15) is 4.39 Å². The van der Waals surface area contributed by atoms with Gasteiger partial charge in [0.1, 0.15) is 11.6 Å². The largest absolute Gasteiger partial charge is 0.496 e. The second-order valence-corrected chi connectivity index (χ2v) is 10.8. The van der Waals surface area contributed by atoms with Gasteiger partial charge in [0.05, 0.1) is 35.9 Å². The molecule has 1 unspecified atom stereocenters. The summed E-state index contributed by atoms with van der Waals surface area (Å²) in [5.74, 6) is 1.14. The molecule has 1 aliphatic rings. The van der Waals surface area contributed by atoms with E-state index >= 15 is 0 Å². The Morgan fingerprint density at radius 2 is 1.93 bits per heavy atom. The van der Waals surface area contributed by atoms with Gasteiger partial charge in [-0.15, -0.1) is 10.2 Å².